The van der Waals surface area contributed by atoms with Crippen molar-refractivity contribution in [3.63, 3.8) is 0 Å². The predicted octanol–water partition coefficient (Wildman–Crippen LogP) is 2.94. The average molecular weight is 254 g/mol. The van der Waals surface area contributed by atoms with Crippen LogP contribution < -0.4 is 0 Å². The number of carbonyl (C=O) groups excluding carboxylic acids is 1. The minimum absolute atomic E-state index is 0.0368. The van der Waals surface area contributed by atoms with Crippen LogP contribution in [0, 0.1) is 5.41 Å². The number of carbonyl (C=O) groups is 2. The molecule has 4 nitrogen and oxygen atoms in total. The van der Waals surface area contributed by atoms with Crippen molar-refractivity contribution >= 4 is 11.9 Å². The number of carboxylic acids is 1. The lowest BCUT2D eigenvalue weighted by Crippen LogP contribution is -2.26. The molecule has 2 atom stereocenters. The summed E-state index contributed by atoms with van der Waals surface area (Å²) < 4.78 is 5.18. The number of hydrogen-bond acceptors (Lipinski definition) is 3. The summed E-state index contributed by atoms with van der Waals surface area (Å²) in [6, 6.07) is 0. The summed E-state index contributed by atoms with van der Waals surface area (Å²) in [5, 5.41) is 8.89. The molecule has 0 saturated carbocycles. The third-order valence-electron chi connectivity index (χ3n) is 2.55. The third-order valence-corrected chi connectivity index (χ3v) is 2.55. The van der Waals surface area contributed by atoms with E-state index in [1.165, 1.54) is 6.92 Å². The van der Waals surface area contributed by atoms with Crippen molar-refractivity contribution < 1.29 is 19.4 Å². The first-order valence-electron chi connectivity index (χ1n) is 5.86. The van der Waals surface area contributed by atoms with Crippen molar-refractivity contribution in [2.45, 2.75) is 46.6 Å². The van der Waals surface area contributed by atoms with Crippen molar-refractivity contribution in [1.82, 2.24) is 0 Å². The van der Waals surface area contributed by atoms with E-state index in [0.29, 0.717) is 6.42 Å². The SMILES string of the molecule is C=CC(C)(CC(=O)O)CC(C=C(C)C)OC(C)=O. The molecule has 4 heteroatoms. The minimum Gasteiger partial charge on any atom is -0.481 e. The van der Waals surface area contributed by atoms with Gasteiger partial charge in [0.1, 0.15) is 6.10 Å². The Kier molecular flexibility index (Phi) is 6.37. The molecule has 0 aliphatic heterocycles. The maximum atomic E-state index is 11.0. The number of esters is 1. The highest BCUT2D eigenvalue weighted by Crippen LogP contribution is 2.30. The summed E-state index contributed by atoms with van der Waals surface area (Å²) in [4.78, 5) is 21.9. The molecule has 102 valence electrons. The maximum absolute atomic E-state index is 11.0. The Balaban J connectivity index is 4.91. The zero-order valence-electron chi connectivity index (χ0n) is 11.5. The van der Waals surface area contributed by atoms with E-state index in [2.05, 4.69) is 6.58 Å². The van der Waals surface area contributed by atoms with Gasteiger partial charge in [0.25, 0.3) is 0 Å². The van der Waals surface area contributed by atoms with Gasteiger partial charge in [0, 0.05) is 6.92 Å². The molecule has 0 aromatic rings. The molecule has 1 N–H and O–H groups in total. The molecule has 0 heterocycles. The van der Waals surface area contributed by atoms with Gasteiger partial charge in [0.05, 0.1) is 6.42 Å². The Labute approximate surface area is 108 Å². The summed E-state index contributed by atoms with van der Waals surface area (Å²) in [5.41, 5.74) is 0.417. The van der Waals surface area contributed by atoms with E-state index < -0.39 is 17.5 Å². The topological polar surface area (TPSA) is 63.6 Å². The lowest BCUT2D eigenvalue weighted by molar-refractivity contribution is -0.145. The van der Waals surface area contributed by atoms with E-state index in [9.17, 15) is 9.59 Å². The fourth-order valence-electron chi connectivity index (χ4n) is 1.75. The van der Waals surface area contributed by atoms with Crippen LogP contribution in [0.2, 0.25) is 0 Å². The van der Waals surface area contributed by atoms with Crippen LogP contribution in [0.4, 0.5) is 0 Å². The van der Waals surface area contributed by atoms with Gasteiger partial charge in [-0.25, -0.2) is 0 Å². The molecule has 0 fully saturated rings. The zero-order valence-corrected chi connectivity index (χ0v) is 11.5. The summed E-state index contributed by atoms with van der Waals surface area (Å²) >= 11 is 0. The number of allylic oxidation sites excluding steroid dienone is 2. The molecule has 0 radical (unpaired) electrons. The molecule has 0 rings (SSSR count). The van der Waals surface area contributed by atoms with Gasteiger partial charge >= 0.3 is 11.9 Å². The van der Waals surface area contributed by atoms with Crippen LogP contribution in [0.25, 0.3) is 0 Å². The molecule has 0 aliphatic carbocycles. The molecule has 0 amide bonds. The Morgan fingerprint density at radius 3 is 2.28 bits per heavy atom. The monoisotopic (exact) mass is 254 g/mol. The molecule has 0 bridgehead atoms. The summed E-state index contributed by atoms with van der Waals surface area (Å²) in [7, 11) is 0. The molecule has 0 aromatic heterocycles. The van der Waals surface area contributed by atoms with E-state index in [1.54, 1.807) is 13.0 Å². The minimum atomic E-state index is -0.892. The third kappa shape index (κ3) is 6.89. The Hall–Kier alpha value is -1.58. The second-order valence-electron chi connectivity index (χ2n) is 5.02. The molecule has 0 aliphatic rings. The highest BCUT2D eigenvalue weighted by Gasteiger charge is 2.28. The molecule has 0 aromatic carbocycles. The standard InChI is InChI=1S/C14H22O4/c1-6-14(5,9-13(16)17)8-12(7-10(2)3)18-11(4)15/h6-7,12H,1,8-9H2,2-5H3,(H,16,17). The van der Waals surface area contributed by atoms with Crippen LogP contribution in [-0.4, -0.2) is 23.1 Å². The molecular formula is C14H22O4. The second-order valence-corrected chi connectivity index (χ2v) is 5.02. The number of aliphatic carboxylic acids is 1. The second kappa shape index (κ2) is 6.99. The van der Waals surface area contributed by atoms with Gasteiger partial charge in [0.15, 0.2) is 0 Å². The fourth-order valence-corrected chi connectivity index (χ4v) is 1.75. The molecule has 18 heavy (non-hydrogen) atoms. The van der Waals surface area contributed by atoms with Crippen molar-refractivity contribution in [3.05, 3.63) is 24.3 Å². The van der Waals surface area contributed by atoms with E-state index in [-0.39, 0.29) is 12.4 Å². The average Bonchev–Trinajstić information content (AvgIpc) is 2.13. The predicted molar refractivity (Wildman–Crippen MR) is 70.2 cm³/mol. The van der Waals surface area contributed by atoms with Crippen molar-refractivity contribution in [2.75, 3.05) is 0 Å². The Morgan fingerprint density at radius 1 is 1.39 bits per heavy atom. The highest BCUT2D eigenvalue weighted by atomic mass is 16.5. The van der Waals surface area contributed by atoms with Crippen molar-refractivity contribution in [2.24, 2.45) is 5.41 Å². The van der Waals surface area contributed by atoms with Gasteiger partial charge in [-0.1, -0.05) is 18.6 Å². The van der Waals surface area contributed by atoms with Crippen molar-refractivity contribution in [3.8, 4) is 0 Å². The van der Waals surface area contributed by atoms with Crippen LogP contribution in [0.3, 0.4) is 0 Å². The van der Waals surface area contributed by atoms with Crippen LogP contribution in [0.5, 0.6) is 0 Å². The van der Waals surface area contributed by atoms with Gasteiger partial charge in [-0.2, -0.15) is 0 Å². The van der Waals surface area contributed by atoms with Gasteiger partial charge in [-0.3, -0.25) is 9.59 Å². The normalized spacial score (nSPS) is 15.1. The van der Waals surface area contributed by atoms with Crippen LogP contribution in [0.1, 0.15) is 40.5 Å². The number of carboxylic acid groups (broad SMARTS) is 1. The fraction of sp³-hybridized carbons (Fsp3) is 0.571. The lowest BCUT2D eigenvalue weighted by atomic mass is 9.81. The summed E-state index contributed by atoms with van der Waals surface area (Å²) in [5.74, 6) is -1.27. The highest BCUT2D eigenvalue weighted by molar-refractivity contribution is 5.68. The van der Waals surface area contributed by atoms with E-state index >= 15 is 0 Å². The van der Waals surface area contributed by atoms with Gasteiger partial charge in [-0.15, -0.1) is 6.58 Å². The summed E-state index contributed by atoms with van der Waals surface area (Å²) in [6.07, 6.45) is 3.38. The zero-order chi connectivity index (χ0) is 14.3. The van der Waals surface area contributed by atoms with Gasteiger partial charge in [0.2, 0.25) is 0 Å². The van der Waals surface area contributed by atoms with Crippen molar-refractivity contribution in [1.29, 1.82) is 0 Å². The molecule has 0 saturated heterocycles. The number of hydrogen-bond donors (Lipinski definition) is 1. The van der Waals surface area contributed by atoms with E-state index in [0.717, 1.165) is 5.57 Å². The smallest absolute Gasteiger partial charge is 0.304 e. The lowest BCUT2D eigenvalue weighted by Gasteiger charge is -2.27. The largest absolute Gasteiger partial charge is 0.481 e. The first-order chi connectivity index (χ1) is 8.18. The van der Waals surface area contributed by atoms with Gasteiger partial charge < -0.3 is 9.84 Å². The Morgan fingerprint density at radius 2 is 1.94 bits per heavy atom. The van der Waals surface area contributed by atoms with E-state index in [4.69, 9.17) is 9.84 Å². The maximum Gasteiger partial charge on any atom is 0.304 e. The molecule has 0 spiro atoms. The summed E-state index contributed by atoms with van der Waals surface area (Å²) in [6.45, 7) is 10.6. The quantitative estimate of drug-likeness (QED) is 0.560. The van der Waals surface area contributed by atoms with Gasteiger partial charge in [-0.05, 0) is 31.8 Å². The van der Waals surface area contributed by atoms with Crippen LogP contribution in [0.15, 0.2) is 24.3 Å². The first-order valence-corrected chi connectivity index (χ1v) is 5.86. The van der Waals surface area contributed by atoms with Crippen LogP contribution in [-0.2, 0) is 14.3 Å². The number of rotatable bonds is 7. The Bertz CT molecular complexity index is 353. The van der Waals surface area contributed by atoms with Crippen LogP contribution >= 0.6 is 0 Å². The first kappa shape index (κ1) is 16.4. The molecular weight excluding hydrogens is 232 g/mol. The molecule has 2 unspecified atom stereocenters. The van der Waals surface area contributed by atoms with E-state index in [1.807, 2.05) is 19.9 Å². The number of ether oxygens (including phenoxy) is 1.